The van der Waals surface area contributed by atoms with Gasteiger partial charge in [-0.05, 0) is 37.0 Å². The average Bonchev–Trinajstić information content (AvgIpc) is 2.77. The molecule has 20 heavy (non-hydrogen) atoms. The predicted octanol–water partition coefficient (Wildman–Crippen LogP) is 3.14. The van der Waals surface area contributed by atoms with Crippen molar-refractivity contribution < 1.29 is 9.18 Å². The van der Waals surface area contributed by atoms with Gasteiger partial charge >= 0.3 is 0 Å². The van der Waals surface area contributed by atoms with Gasteiger partial charge in [-0.25, -0.2) is 9.40 Å². The van der Waals surface area contributed by atoms with Gasteiger partial charge < -0.3 is 0 Å². The summed E-state index contributed by atoms with van der Waals surface area (Å²) in [5.41, 5.74) is 0.573. The number of amides is 1. The van der Waals surface area contributed by atoms with Crippen LogP contribution in [0.15, 0.2) is 24.3 Å². The van der Waals surface area contributed by atoms with Crippen LogP contribution in [0.5, 0.6) is 0 Å². The molecule has 4 heteroatoms. The van der Waals surface area contributed by atoms with E-state index in [2.05, 4.69) is 5.01 Å². The minimum atomic E-state index is -0.329. The molecule has 1 atom stereocenters. The number of hydrazine groups is 1. The Morgan fingerprint density at radius 3 is 2.85 bits per heavy atom. The van der Waals surface area contributed by atoms with Crippen LogP contribution >= 0.6 is 0 Å². The largest absolute Gasteiger partial charge is 0.273 e. The van der Waals surface area contributed by atoms with Crippen molar-refractivity contribution in [2.24, 2.45) is 5.41 Å². The lowest BCUT2D eigenvalue weighted by atomic mass is 9.86. The second-order valence-corrected chi connectivity index (χ2v) is 6.45. The van der Waals surface area contributed by atoms with E-state index in [1.54, 1.807) is 12.1 Å². The van der Waals surface area contributed by atoms with Crippen LogP contribution in [-0.4, -0.2) is 29.0 Å². The van der Waals surface area contributed by atoms with E-state index in [4.69, 9.17) is 0 Å². The van der Waals surface area contributed by atoms with Gasteiger partial charge in [-0.3, -0.25) is 9.80 Å². The number of carbonyl (C=O) groups excluding carboxylic acids is 1. The maximum atomic E-state index is 13.5. The van der Waals surface area contributed by atoms with Crippen molar-refractivity contribution in [1.82, 2.24) is 10.0 Å². The number of nitrogens with zero attached hydrogens (tertiary/aromatic N) is 2. The SMILES string of the molecule is CC1(C)CCCN2CC[C@H](c3cccc(F)c3)N2C1=O. The van der Waals surface area contributed by atoms with Crippen molar-refractivity contribution in [3.05, 3.63) is 35.6 Å². The van der Waals surface area contributed by atoms with Crippen molar-refractivity contribution in [3.63, 3.8) is 0 Å². The van der Waals surface area contributed by atoms with E-state index in [0.717, 1.165) is 37.9 Å². The normalized spacial score (nSPS) is 26.4. The smallest absolute Gasteiger partial charge is 0.243 e. The van der Waals surface area contributed by atoms with Crippen molar-refractivity contribution in [2.45, 2.75) is 39.2 Å². The second-order valence-electron chi connectivity index (χ2n) is 6.45. The molecule has 3 nitrogen and oxygen atoms in total. The summed E-state index contributed by atoms with van der Waals surface area (Å²) in [6, 6.07) is 6.63. The molecule has 0 saturated carbocycles. The Balaban J connectivity index is 1.96. The zero-order valence-electron chi connectivity index (χ0n) is 12.1. The number of rotatable bonds is 1. The molecule has 2 aliphatic rings. The molecule has 0 unspecified atom stereocenters. The lowest BCUT2D eigenvalue weighted by molar-refractivity contribution is -0.154. The summed E-state index contributed by atoms with van der Waals surface area (Å²) in [5.74, 6) is -0.0655. The Morgan fingerprint density at radius 1 is 1.30 bits per heavy atom. The maximum absolute atomic E-state index is 13.5. The van der Waals surface area contributed by atoms with Crippen LogP contribution in [0.25, 0.3) is 0 Å². The van der Waals surface area contributed by atoms with Gasteiger partial charge in [0.25, 0.3) is 0 Å². The van der Waals surface area contributed by atoms with Crippen molar-refractivity contribution in [1.29, 1.82) is 0 Å². The fourth-order valence-corrected chi connectivity index (χ4v) is 3.33. The van der Waals surface area contributed by atoms with Crippen LogP contribution in [0, 0.1) is 11.2 Å². The molecule has 0 radical (unpaired) electrons. The van der Waals surface area contributed by atoms with E-state index in [-0.39, 0.29) is 23.2 Å². The first-order chi connectivity index (χ1) is 9.49. The summed E-state index contributed by atoms with van der Waals surface area (Å²) < 4.78 is 13.5. The molecule has 0 spiro atoms. The molecule has 2 fully saturated rings. The lowest BCUT2D eigenvalue weighted by Crippen LogP contribution is -2.45. The predicted molar refractivity (Wildman–Crippen MR) is 75.2 cm³/mol. The van der Waals surface area contributed by atoms with E-state index < -0.39 is 0 Å². The van der Waals surface area contributed by atoms with Gasteiger partial charge in [-0.15, -0.1) is 0 Å². The van der Waals surface area contributed by atoms with E-state index in [1.165, 1.54) is 6.07 Å². The topological polar surface area (TPSA) is 23.6 Å². The molecule has 0 N–H and O–H groups in total. The number of hydrogen-bond acceptors (Lipinski definition) is 2. The first kappa shape index (κ1) is 13.6. The van der Waals surface area contributed by atoms with Crippen molar-refractivity contribution in [3.8, 4) is 0 Å². The minimum absolute atomic E-state index is 0.0180. The molecule has 0 aromatic heterocycles. The van der Waals surface area contributed by atoms with E-state index in [9.17, 15) is 9.18 Å². The molecule has 0 bridgehead atoms. The molecule has 1 amide bonds. The van der Waals surface area contributed by atoms with Crippen molar-refractivity contribution >= 4 is 5.91 Å². The van der Waals surface area contributed by atoms with Gasteiger partial charge in [0.2, 0.25) is 5.91 Å². The summed E-state index contributed by atoms with van der Waals surface area (Å²) in [5, 5.41) is 4.04. The van der Waals surface area contributed by atoms with Crippen molar-refractivity contribution in [2.75, 3.05) is 13.1 Å². The fraction of sp³-hybridized carbons (Fsp3) is 0.562. The third kappa shape index (κ3) is 2.22. The monoisotopic (exact) mass is 276 g/mol. The van der Waals surface area contributed by atoms with Crippen LogP contribution in [0.1, 0.15) is 44.7 Å². The molecule has 0 aliphatic carbocycles. The molecule has 3 rings (SSSR count). The third-order valence-corrected chi connectivity index (χ3v) is 4.50. The molecular formula is C16H21FN2O. The highest BCUT2D eigenvalue weighted by Gasteiger charge is 2.44. The Kier molecular flexibility index (Phi) is 3.28. The maximum Gasteiger partial charge on any atom is 0.243 e. The van der Waals surface area contributed by atoms with E-state index >= 15 is 0 Å². The Morgan fingerprint density at radius 2 is 2.10 bits per heavy atom. The molecule has 2 heterocycles. The van der Waals surface area contributed by atoms with Crippen LogP contribution in [0.4, 0.5) is 4.39 Å². The summed E-state index contributed by atoms with van der Waals surface area (Å²) in [4.78, 5) is 12.8. The molecule has 2 saturated heterocycles. The number of benzene rings is 1. The molecule has 108 valence electrons. The quantitative estimate of drug-likeness (QED) is 0.786. The van der Waals surface area contributed by atoms with E-state index in [0.29, 0.717) is 0 Å². The zero-order valence-corrected chi connectivity index (χ0v) is 12.1. The highest BCUT2D eigenvalue weighted by Crippen LogP contribution is 2.39. The van der Waals surface area contributed by atoms with E-state index in [1.807, 2.05) is 24.9 Å². The summed E-state index contributed by atoms with van der Waals surface area (Å²) in [7, 11) is 0. The number of hydrogen-bond donors (Lipinski definition) is 0. The molecule has 1 aromatic carbocycles. The first-order valence-corrected chi connectivity index (χ1v) is 7.33. The van der Waals surface area contributed by atoms with Gasteiger partial charge in [-0.2, -0.15) is 0 Å². The molecule has 2 aliphatic heterocycles. The highest BCUT2D eigenvalue weighted by atomic mass is 19.1. The Hall–Kier alpha value is -1.42. The van der Waals surface area contributed by atoms with Gasteiger partial charge in [0.15, 0.2) is 0 Å². The van der Waals surface area contributed by atoms with Gasteiger partial charge in [-0.1, -0.05) is 26.0 Å². The first-order valence-electron chi connectivity index (χ1n) is 7.33. The van der Waals surface area contributed by atoms with Crippen LogP contribution in [0.2, 0.25) is 0 Å². The molecular weight excluding hydrogens is 255 g/mol. The number of fused-ring (bicyclic) bond motifs is 1. The summed E-state index contributed by atoms with van der Waals surface area (Å²) in [6.07, 6.45) is 2.82. The van der Waals surface area contributed by atoms with Gasteiger partial charge in [0, 0.05) is 18.5 Å². The molecule has 1 aromatic rings. The number of halogens is 1. The standard InChI is InChI=1S/C16H21FN2O/c1-16(2)8-4-9-18-10-7-14(19(18)15(16)20)12-5-3-6-13(17)11-12/h3,5-6,11,14H,4,7-10H2,1-2H3/t14-/m1/s1. The average molecular weight is 276 g/mol. The van der Waals surface area contributed by atoms with Crippen LogP contribution < -0.4 is 0 Å². The Bertz CT molecular complexity index is 529. The van der Waals surface area contributed by atoms with Gasteiger partial charge in [0.1, 0.15) is 5.82 Å². The fourth-order valence-electron chi connectivity index (χ4n) is 3.33. The van der Waals surface area contributed by atoms with Crippen LogP contribution in [-0.2, 0) is 4.79 Å². The highest BCUT2D eigenvalue weighted by molar-refractivity contribution is 5.82. The zero-order chi connectivity index (χ0) is 14.3. The third-order valence-electron chi connectivity index (χ3n) is 4.50. The second kappa shape index (κ2) is 4.85. The Labute approximate surface area is 119 Å². The lowest BCUT2D eigenvalue weighted by Gasteiger charge is -2.34. The summed E-state index contributed by atoms with van der Waals surface area (Å²) >= 11 is 0. The number of carbonyl (C=O) groups is 1. The minimum Gasteiger partial charge on any atom is -0.273 e. The summed E-state index contributed by atoms with van der Waals surface area (Å²) in [6.45, 7) is 5.82. The van der Waals surface area contributed by atoms with Gasteiger partial charge in [0.05, 0.1) is 6.04 Å². The van der Waals surface area contributed by atoms with Crippen LogP contribution in [0.3, 0.4) is 0 Å².